The van der Waals surface area contributed by atoms with Gasteiger partial charge in [0.05, 0.1) is 11.9 Å². The van der Waals surface area contributed by atoms with E-state index in [9.17, 15) is 0 Å². The highest BCUT2D eigenvalue weighted by atomic mass is 35.5. The molecule has 5 nitrogen and oxygen atoms in total. The molecular weight excluding hydrogens is 322 g/mol. The number of nitrogens with zero attached hydrogens (tertiary/aromatic N) is 5. The molecular formula is C18H20ClN5. The van der Waals surface area contributed by atoms with Gasteiger partial charge in [0.25, 0.3) is 0 Å². The van der Waals surface area contributed by atoms with Crippen LogP contribution in [-0.4, -0.2) is 26.8 Å². The van der Waals surface area contributed by atoms with Crippen LogP contribution in [0.3, 0.4) is 0 Å². The van der Waals surface area contributed by atoms with Gasteiger partial charge < -0.3 is 4.90 Å². The monoisotopic (exact) mass is 341 g/mol. The quantitative estimate of drug-likeness (QED) is 0.707. The Labute approximate surface area is 146 Å². The van der Waals surface area contributed by atoms with E-state index in [-0.39, 0.29) is 0 Å². The molecule has 3 rings (SSSR count). The van der Waals surface area contributed by atoms with E-state index in [1.165, 1.54) is 0 Å². The highest BCUT2D eigenvalue weighted by Gasteiger charge is 2.09. The third-order valence-corrected chi connectivity index (χ3v) is 3.96. The maximum Gasteiger partial charge on any atom is 0.132 e. The Hall–Kier alpha value is -2.40. The summed E-state index contributed by atoms with van der Waals surface area (Å²) in [5.41, 5.74) is 3.03. The third-order valence-electron chi connectivity index (χ3n) is 3.72. The molecule has 0 radical (unpaired) electrons. The summed E-state index contributed by atoms with van der Waals surface area (Å²) in [7, 11) is 2.03. The van der Waals surface area contributed by atoms with E-state index < -0.39 is 0 Å². The topological polar surface area (TPSA) is 46.8 Å². The molecule has 24 heavy (non-hydrogen) atoms. The predicted molar refractivity (Wildman–Crippen MR) is 96.8 cm³/mol. The van der Waals surface area contributed by atoms with Crippen molar-refractivity contribution in [3.63, 3.8) is 0 Å². The highest BCUT2D eigenvalue weighted by Crippen LogP contribution is 2.17. The molecule has 0 saturated carbocycles. The number of hydrogen-bond donors (Lipinski definition) is 0. The molecule has 0 aliphatic rings. The van der Waals surface area contributed by atoms with Gasteiger partial charge in [0.15, 0.2) is 0 Å². The van der Waals surface area contributed by atoms with Crippen LogP contribution in [0.15, 0.2) is 42.7 Å². The summed E-state index contributed by atoms with van der Waals surface area (Å²) in [6.07, 6.45) is 4.71. The number of hydrogen-bond acceptors (Lipinski definition) is 4. The Morgan fingerprint density at radius 3 is 2.79 bits per heavy atom. The van der Waals surface area contributed by atoms with Gasteiger partial charge in [-0.15, -0.1) is 0 Å². The van der Waals surface area contributed by atoms with Crippen molar-refractivity contribution in [2.75, 3.05) is 11.9 Å². The Morgan fingerprint density at radius 2 is 2.04 bits per heavy atom. The maximum absolute atomic E-state index is 6.05. The van der Waals surface area contributed by atoms with Gasteiger partial charge in [0.1, 0.15) is 11.6 Å². The summed E-state index contributed by atoms with van der Waals surface area (Å²) >= 11 is 6.05. The zero-order chi connectivity index (χ0) is 17.1. The Kier molecular flexibility index (Phi) is 4.81. The first-order valence-electron chi connectivity index (χ1n) is 7.90. The van der Waals surface area contributed by atoms with Crippen molar-refractivity contribution in [3.05, 3.63) is 64.8 Å². The lowest BCUT2D eigenvalue weighted by Crippen LogP contribution is -2.18. The molecule has 0 fully saturated rings. The van der Waals surface area contributed by atoms with Crippen molar-refractivity contribution in [2.45, 2.75) is 26.8 Å². The smallest absolute Gasteiger partial charge is 0.132 e. The van der Waals surface area contributed by atoms with Crippen molar-refractivity contribution in [1.82, 2.24) is 19.7 Å². The molecule has 3 aromatic rings. The number of anilines is 1. The number of benzene rings is 1. The first-order valence-corrected chi connectivity index (χ1v) is 8.28. The van der Waals surface area contributed by atoms with E-state index in [1.807, 2.05) is 61.4 Å². The van der Waals surface area contributed by atoms with E-state index in [4.69, 9.17) is 11.6 Å². The Balaban J connectivity index is 1.78. The van der Waals surface area contributed by atoms with Crippen molar-refractivity contribution in [1.29, 1.82) is 0 Å². The average Bonchev–Trinajstić information content (AvgIpc) is 3.02. The zero-order valence-corrected chi connectivity index (χ0v) is 14.8. The fourth-order valence-electron chi connectivity index (χ4n) is 2.52. The number of halogens is 1. The molecule has 0 spiro atoms. The molecule has 0 aliphatic carbocycles. The zero-order valence-electron chi connectivity index (χ0n) is 14.1. The SMILES string of the molecule is CCc1nc(C)cc(N(C)Cc2cnn(-c3cccc(Cl)c3)c2)n1. The van der Waals surface area contributed by atoms with Crippen molar-refractivity contribution in [3.8, 4) is 5.69 Å². The van der Waals surface area contributed by atoms with Crippen LogP contribution in [0.2, 0.25) is 5.02 Å². The summed E-state index contributed by atoms with van der Waals surface area (Å²) in [6, 6.07) is 9.64. The van der Waals surface area contributed by atoms with Crippen LogP contribution in [0, 0.1) is 6.92 Å². The fourth-order valence-corrected chi connectivity index (χ4v) is 2.71. The number of aromatic nitrogens is 4. The van der Waals surface area contributed by atoms with Crippen LogP contribution in [-0.2, 0) is 13.0 Å². The first-order chi connectivity index (χ1) is 11.5. The second kappa shape index (κ2) is 7.01. The normalized spacial score (nSPS) is 10.8. The van der Waals surface area contributed by atoms with Gasteiger partial charge in [-0.05, 0) is 25.1 Å². The minimum absolute atomic E-state index is 0.699. The van der Waals surface area contributed by atoms with Crippen LogP contribution >= 0.6 is 11.6 Å². The van der Waals surface area contributed by atoms with Gasteiger partial charge >= 0.3 is 0 Å². The second-order valence-corrected chi connectivity index (χ2v) is 6.20. The molecule has 0 atom stereocenters. The van der Waals surface area contributed by atoms with E-state index in [1.54, 1.807) is 0 Å². The number of rotatable bonds is 5. The Morgan fingerprint density at radius 1 is 1.21 bits per heavy atom. The third kappa shape index (κ3) is 3.74. The summed E-state index contributed by atoms with van der Waals surface area (Å²) in [4.78, 5) is 11.1. The molecule has 0 unspecified atom stereocenters. The van der Waals surface area contributed by atoms with Gasteiger partial charge in [-0.3, -0.25) is 0 Å². The second-order valence-electron chi connectivity index (χ2n) is 5.77. The number of aryl methyl sites for hydroxylation is 2. The van der Waals surface area contributed by atoms with Gasteiger partial charge in [-0.25, -0.2) is 14.6 Å². The fraction of sp³-hybridized carbons (Fsp3) is 0.278. The minimum Gasteiger partial charge on any atom is -0.355 e. The average molecular weight is 342 g/mol. The van der Waals surface area contributed by atoms with E-state index >= 15 is 0 Å². The molecule has 1 aromatic carbocycles. The van der Waals surface area contributed by atoms with Crippen molar-refractivity contribution >= 4 is 17.4 Å². The van der Waals surface area contributed by atoms with Crippen LogP contribution in [0.5, 0.6) is 0 Å². The predicted octanol–water partition coefficient (Wildman–Crippen LogP) is 3.82. The standard InChI is InChI=1S/C18H20ClN5/c1-4-17-21-13(2)8-18(22-17)23(3)11-14-10-20-24(12-14)16-7-5-6-15(19)9-16/h5-10,12H,4,11H2,1-3H3. The van der Waals surface area contributed by atoms with Crippen molar-refractivity contribution < 1.29 is 0 Å². The maximum atomic E-state index is 6.05. The molecule has 0 N–H and O–H groups in total. The van der Waals surface area contributed by atoms with Crippen molar-refractivity contribution in [2.24, 2.45) is 0 Å². The molecule has 2 aromatic heterocycles. The van der Waals surface area contributed by atoms with Crippen LogP contribution in [0.25, 0.3) is 5.69 Å². The highest BCUT2D eigenvalue weighted by molar-refractivity contribution is 6.30. The minimum atomic E-state index is 0.699. The van der Waals surface area contributed by atoms with E-state index in [0.717, 1.165) is 41.6 Å². The summed E-state index contributed by atoms with van der Waals surface area (Å²) in [5, 5.41) is 5.12. The molecule has 6 heteroatoms. The molecule has 2 heterocycles. The lowest BCUT2D eigenvalue weighted by atomic mass is 10.3. The van der Waals surface area contributed by atoms with Crippen LogP contribution in [0.1, 0.15) is 24.0 Å². The molecule has 0 aliphatic heterocycles. The van der Waals surface area contributed by atoms with Gasteiger partial charge in [0, 0.05) is 48.6 Å². The van der Waals surface area contributed by atoms with E-state index in [0.29, 0.717) is 5.02 Å². The largest absolute Gasteiger partial charge is 0.355 e. The molecule has 0 bridgehead atoms. The molecule has 0 saturated heterocycles. The van der Waals surface area contributed by atoms with Crippen LogP contribution in [0.4, 0.5) is 5.82 Å². The van der Waals surface area contributed by atoms with Gasteiger partial charge in [0.2, 0.25) is 0 Å². The summed E-state index contributed by atoms with van der Waals surface area (Å²) < 4.78 is 1.83. The van der Waals surface area contributed by atoms with Gasteiger partial charge in [-0.1, -0.05) is 24.6 Å². The molecule has 124 valence electrons. The lowest BCUT2D eigenvalue weighted by Gasteiger charge is -2.18. The summed E-state index contributed by atoms with van der Waals surface area (Å²) in [6.45, 7) is 4.78. The van der Waals surface area contributed by atoms with E-state index in [2.05, 4.69) is 26.9 Å². The Bertz CT molecular complexity index is 843. The lowest BCUT2D eigenvalue weighted by molar-refractivity contribution is 0.847. The summed E-state index contributed by atoms with van der Waals surface area (Å²) in [5.74, 6) is 1.79. The molecule has 0 amide bonds. The van der Waals surface area contributed by atoms with Crippen LogP contribution < -0.4 is 4.90 Å². The van der Waals surface area contributed by atoms with Gasteiger partial charge in [-0.2, -0.15) is 5.10 Å². The first kappa shape index (κ1) is 16.5.